The molecule has 28 heavy (non-hydrogen) atoms. The molecule has 1 saturated heterocycles. The van der Waals surface area contributed by atoms with Gasteiger partial charge in [-0.3, -0.25) is 14.5 Å². The van der Waals surface area contributed by atoms with Crippen LogP contribution in [0, 0.1) is 19.8 Å². The minimum Gasteiger partial charge on any atom is -0.326 e. The largest absolute Gasteiger partial charge is 0.326 e. The van der Waals surface area contributed by atoms with Gasteiger partial charge in [0.15, 0.2) is 0 Å². The summed E-state index contributed by atoms with van der Waals surface area (Å²) in [5, 5.41) is 6.51. The van der Waals surface area contributed by atoms with E-state index in [2.05, 4.69) is 21.6 Å². The Bertz CT molecular complexity index is 861. The summed E-state index contributed by atoms with van der Waals surface area (Å²) in [7, 11) is 0. The summed E-state index contributed by atoms with van der Waals surface area (Å²) >= 11 is 5.96. The molecule has 0 bridgehead atoms. The Hall–Kier alpha value is -2.37. The highest BCUT2D eigenvalue weighted by molar-refractivity contribution is 6.30. The van der Waals surface area contributed by atoms with Gasteiger partial charge in [-0.05, 0) is 69.6 Å². The Morgan fingerprint density at radius 3 is 2.50 bits per heavy atom. The molecule has 2 aromatic rings. The van der Waals surface area contributed by atoms with Gasteiger partial charge in [-0.2, -0.15) is 0 Å². The number of benzene rings is 2. The van der Waals surface area contributed by atoms with Crippen molar-refractivity contribution in [2.45, 2.75) is 26.7 Å². The molecule has 148 valence electrons. The minimum atomic E-state index is -0.0439. The van der Waals surface area contributed by atoms with E-state index < -0.39 is 0 Å². The van der Waals surface area contributed by atoms with E-state index in [1.165, 1.54) is 5.56 Å². The van der Waals surface area contributed by atoms with Crippen LogP contribution in [0.2, 0.25) is 5.02 Å². The number of halogens is 1. The molecule has 0 aliphatic carbocycles. The van der Waals surface area contributed by atoms with Gasteiger partial charge in [-0.25, -0.2) is 0 Å². The molecule has 0 atom stereocenters. The summed E-state index contributed by atoms with van der Waals surface area (Å²) in [5.74, 6) is -0.0481. The fraction of sp³-hybridized carbons (Fsp3) is 0.364. The molecule has 2 aromatic carbocycles. The fourth-order valence-corrected chi connectivity index (χ4v) is 3.70. The van der Waals surface area contributed by atoms with Crippen molar-refractivity contribution in [1.82, 2.24) is 4.90 Å². The van der Waals surface area contributed by atoms with Crippen LogP contribution >= 0.6 is 11.6 Å². The summed E-state index contributed by atoms with van der Waals surface area (Å²) < 4.78 is 0. The minimum absolute atomic E-state index is 0.0154. The molecule has 3 rings (SSSR count). The van der Waals surface area contributed by atoms with E-state index in [-0.39, 0.29) is 17.7 Å². The van der Waals surface area contributed by atoms with E-state index in [4.69, 9.17) is 11.6 Å². The quantitative estimate of drug-likeness (QED) is 0.790. The number of amides is 2. The monoisotopic (exact) mass is 399 g/mol. The fourth-order valence-electron chi connectivity index (χ4n) is 3.51. The zero-order chi connectivity index (χ0) is 20.1. The van der Waals surface area contributed by atoms with Gasteiger partial charge in [-0.1, -0.05) is 35.4 Å². The average molecular weight is 400 g/mol. The van der Waals surface area contributed by atoms with Crippen LogP contribution in [-0.2, 0) is 9.59 Å². The zero-order valence-corrected chi connectivity index (χ0v) is 17.1. The lowest BCUT2D eigenvalue weighted by Gasteiger charge is -2.30. The Morgan fingerprint density at radius 2 is 1.82 bits per heavy atom. The summed E-state index contributed by atoms with van der Waals surface area (Å²) in [4.78, 5) is 26.9. The Balaban J connectivity index is 1.45. The lowest BCUT2D eigenvalue weighted by molar-refractivity contribution is -0.121. The maximum atomic E-state index is 12.5. The van der Waals surface area contributed by atoms with Crippen LogP contribution in [0.5, 0.6) is 0 Å². The first kappa shape index (κ1) is 20.4. The topological polar surface area (TPSA) is 61.4 Å². The molecule has 1 heterocycles. The van der Waals surface area contributed by atoms with Crippen molar-refractivity contribution in [2.75, 3.05) is 30.3 Å². The molecule has 0 aromatic heterocycles. The van der Waals surface area contributed by atoms with Gasteiger partial charge in [0.2, 0.25) is 11.8 Å². The van der Waals surface area contributed by atoms with E-state index in [1.54, 1.807) is 12.1 Å². The molecular weight excluding hydrogens is 374 g/mol. The first-order valence-corrected chi connectivity index (χ1v) is 9.94. The van der Waals surface area contributed by atoms with Gasteiger partial charge in [0.25, 0.3) is 0 Å². The summed E-state index contributed by atoms with van der Waals surface area (Å²) in [6.45, 7) is 5.83. The number of aryl methyl sites for hydroxylation is 2. The van der Waals surface area contributed by atoms with E-state index in [0.717, 1.165) is 37.2 Å². The van der Waals surface area contributed by atoms with Crippen LogP contribution in [0.4, 0.5) is 11.4 Å². The third kappa shape index (κ3) is 5.57. The maximum absolute atomic E-state index is 12.5. The zero-order valence-electron chi connectivity index (χ0n) is 16.3. The predicted molar refractivity (Wildman–Crippen MR) is 114 cm³/mol. The molecule has 6 heteroatoms. The van der Waals surface area contributed by atoms with Crippen LogP contribution in [0.3, 0.4) is 0 Å². The van der Waals surface area contributed by atoms with E-state index in [1.807, 2.05) is 38.1 Å². The summed E-state index contributed by atoms with van der Waals surface area (Å²) in [6.07, 6.45) is 1.48. The number of nitrogens with zero attached hydrogens (tertiary/aromatic N) is 1. The Kier molecular flexibility index (Phi) is 6.70. The first-order valence-electron chi connectivity index (χ1n) is 9.56. The first-order chi connectivity index (χ1) is 13.4. The number of hydrogen-bond acceptors (Lipinski definition) is 3. The number of likely N-dealkylation sites (tertiary alicyclic amines) is 1. The number of carbonyl (C=O) groups excluding carboxylic acids is 2. The molecule has 0 radical (unpaired) electrons. The van der Waals surface area contributed by atoms with Crippen molar-refractivity contribution < 1.29 is 9.59 Å². The molecule has 1 aliphatic heterocycles. The van der Waals surface area contributed by atoms with E-state index >= 15 is 0 Å². The highest BCUT2D eigenvalue weighted by atomic mass is 35.5. The number of piperidine rings is 1. The van der Waals surface area contributed by atoms with Crippen LogP contribution in [-0.4, -0.2) is 36.3 Å². The molecular formula is C22H26ClN3O2. The van der Waals surface area contributed by atoms with Crippen LogP contribution in [0.15, 0.2) is 42.5 Å². The highest BCUT2D eigenvalue weighted by Crippen LogP contribution is 2.21. The van der Waals surface area contributed by atoms with Crippen LogP contribution in [0.25, 0.3) is 0 Å². The second-order valence-electron chi connectivity index (χ2n) is 7.42. The molecule has 0 saturated carbocycles. The summed E-state index contributed by atoms with van der Waals surface area (Å²) in [6, 6.07) is 13.2. The standard InChI is InChI=1S/C22H26ClN3O2/c1-15-6-7-20(16(2)12-15)25-21(27)14-26-10-8-17(9-11-26)22(28)24-19-5-3-4-18(23)13-19/h3-7,12-13,17H,8-11,14H2,1-2H3,(H,24,28)(H,25,27). The number of anilines is 2. The SMILES string of the molecule is Cc1ccc(NC(=O)CN2CCC(C(=O)Nc3cccc(Cl)c3)CC2)c(C)c1. The molecule has 2 amide bonds. The number of rotatable bonds is 5. The average Bonchev–Trinajstić information content (AvgIpc) is 2.64. The molecule has 2 N–H and O–H groups in total. The number of hydrogen-bond donors (Lipinski definition) is 2. The van der Waals surface area contributed by atoms with Gasteiger partial charge >= 0.3 is 0 Å². The second-order valence-corrected chi connectivity index (χ2v) is 7.85. The molecule has 1 fully saturated rings. The van der Waals surface area contributed by atoms with Gasteiger partial charge in [0.1, 0.15) is 0 Å². The van der Waals surface area contributed by atoms with Gasteiger partial charge in [0.05, 0.1) is 6.54 Å². The molecule has 5 nitrogen and oxygen atoms in total. The van der Waals surface area contributed by atoms with Crippen molar-refractivity contribution in [3.8, 4) is 0 Å². The number of nitrogens with one attached hydrogen (secondary N) is 2. The molecule has 0 unspecified atom stereocenters. The Labute approximate surface area is 171 Å². The highest BCUT2D eigenvalue weighted by Gasteiger charge is 2.26. The van der Waals surface area contributed by atoms with E-state index in [0.29, 0.717) is 17.3 Å². The normalized spacial score (nSPS) is 15.2. The predicted octanol–water partition coefficient (Wildman–Crippen LogP) is 4.25. The van der Waals surface area contributed by atoms with E-state index in [9.17, 15) is 9.59 Å². The summed E-state index contributed by atoms with van der Waals surface area (Å²) in [5.41, 5.74) is 3.80. The molecule has 0 spiro atoms. The van der Waals surface area contributed by atoms with Crippen molar-refractivity contribution in [1.29, 1.82) is 0 Å². The van der Waals surface area contributed by atoms with Crippen molar-refractivity contribution in [3.63, 3.8) is 0 Å². The lowest BCUT2D eigenvalue weighted by Crippen LogP contribution is -2.41. The lowest BCUT2D eigenvalue weighted by atomic mass is 9.96. The van der Waals surface area contributed by atoms with Crippen molar-refractivity contribution in [3.05, 3.63) is 58.6 Å². The number of carbonyl (C=O) groups is 2. The smallest absolute Gasteiger partial charge is 0.238 e. The van der Waals surface area contributed by atoms with Crippen molar-refractivity contribution in [2.24, 2.45) is 5.92 Å². The van der Waals surface area contributed by atoms with Gasteiger partial charge in [0, 0.05) is 22.3 Å². The van der Waals surface area contributed by atoms with Crippen LogP contribution < -0.4 is 10.6 Å². The molecule has 1 aliphatic rings. The Morgan fingerprint density at radius 1 is 1.07 bits per heavy atom. The third-order valence-corrected chi connectivity index (χ3v) is 5.31. The van der Waals surface area contributed by atoms with Crippen LogP contribution in [0.1, 0.15) is 24.0 Å². The van der Waals surface area contributed by atoms with Gasteiger partial charge in [-0.15, -0.1) is 0 Å². The second kappa shape index (κ2) is 9.22. The van der Waals surface area contributed by atoms with Crippen molar-refractivity contribution >= 4 is 34.8 Å². The third-order valence-electron chi connectivity index (χ3n) is 5.07. The van der Waals surface area contributed by atoms with Gasteiger partial charge < -0.3 is 10.6 Å². The maximum Gasteiger partial charge on any atom is 0.238 e.